The lowest BCUT2D eigenvalue weighted by atomic mass is 10.3. The third-order valence-corrected chi connectivity index (χ3v) is 3.42. The lowest BCUT2D eigenvalue weighted by molar-refractivity contribution is 0.152. The first kappa shape index (κ1) is 14.4. The topological polar surface area (TPSA) is 44.5 Å². The quantitative estimate of drug-likeness (QED) is 0.799. The number of nitrogens with two attached hydrogens (primary N) is 1. The van der Waals surface area contributed by atoms with Crippen LogP contribution in [0.15, 0.2) is 25.6 Å². The van der Waals surface area contributed by atoms with Crippen LogP contribution in [0.1, 0.15) is 0 Å². The number of halogens is 3. The lowest BCUT2D eigenvalue weighted by Crippen LogP contribution is -2.32. The lowest BCUT2D eigenvalue weighted by Gasteiger charge is -2.14. The van der Waals surface area contributed by atoms with E-state index in [1.165, 1.54) is 0 Å². The van der Waals surface area contributed by atoms with Gasteiger partial charge in [0.1, 0.15) is 12.4 Å². The van der Waals surface area contributed by atoms with Gasteiger partial charge in [-0.25, -0.2) is 0 Å². The first-order valence-corrected chi connectivity index (χ1v) is 6.94. The number of ether oxygens (including phenoxy) is 2. The SMILES string of the molecule is COCC(N)COc1c(Br)cc(Br)cc1Br. The minimum Gasteiger partial charge on any atom is -0.490 e. The molecular weight excluding hydrogens is 406 g/mol. The van der Waals surface area contributed by atoms with Crippen molar-refractivity contribution in [3.8, 4) is 5.75 Å². The molecule has 0 aromatic heterocycles. The molecule has 90 valence electrons. The van der Waals surface area contributed by atoms with E-state index in [0.29, 0.717) is 13.2 Å². The van der Waals surface area contributed by atoms with E-state index in [9.17, 15) is 0 Å². The van der Waals surface area contributed by atoms with Crippen molar-refractivity contribution in [1.29, 1.82) is 0 Å². The molecule has 0 radical (unpaired) electrons. The molecule has 0 heterocycles. The predicted molar refractivity (Wildman–Crippen MR) is 74.9 cm³/mol. The number of hydrogen-bond donors (Lipinski definition) is 1. The summed E-state index contributed by atoms with van der Waals surface area (Å²) in [6, 6.07) is 3.71. The van der Waals surface area contributed by atoms with Crippen molar-refractivity contribution in [2.24, 2.45) is 5.73 Å². The first-order chi connectivity index (χ1) is 7.54. The molecule has 1 aromatic rings. The van der Waals surface area contributed by atoms with Crippen LogP contribution in [0.25, 0.3) is 0 Å². The van der Waals surface area contributed by atoms with Crippen LogP contribution in [-0.4, -0.2) is 26.4 Å². The number of benzene rings is 1. The first-order valence-electron chi connectivity index (χ1n) is 4.56. The Morgan fingerprint density at radius 3 is 2.25 bits per heavy atom. The van der Waals surface area contributed by atoms with Crippen molar-refractivity contribution in [3.63, 3.8) is 0 Å². The van der Waals surface area contributed by atoms with Crippen molar-refractivity contribution in [2.45, 2.75) is 6.04 Å². The number of hydrogen-bond acceptors (Lipinski definition) is 3. The normalized spacial score (nSPS) is 12.6. The zero-order chi connectivity index (χ0) is 12.1. The fraction of sp³-hybridized carbons (Fsp3) is 0.400. The Hall–Kier alpha value is 0.380. The molecule has 1 aromatic carbocycles. The molecule has 0 aliphatic carbocycles. The fourth-order valence-corrected chi connectivity index (χ4v) is 3.61. The molecular formula is C10H12Br3NO2. The summed E-state index contributed by atoms with van der Waals surface area (Å²) < 4.78 is 13.3. The minimum atomic E-state index is -0.132. The summed E-state index contributed by atoms with van der Waals surface area (Å²) in [5, 5.41) is 0. The monoisotopic (exact) mass is 415 g/mol. The van der Waals surface area contributed by atoms with Crippen molar-refractivity contribution in [2.75, 3.05) is 20.3 Å². The van der Waals surface area contributed by atoms with E-state index in [4.69, 9.17) is 15.2 Å². The molecule has 16 heavy (non-hydrogen) atoms. The van der Waals surface area contributed by atoms with Gasteiger partial charge in [-0.2, -0.15) is 0 Å². The molecule has 0 bridgehead atoms. The second-order valence-corrected chi connectivity index (χ2v) is 5.85. The molecule has 0 amide bonds. The van der Waals surface area contributed by atoms with Gasteiger partial charge >= 0.3 is 0 Å². The smallest absolute Gasteiger partial charge is 0.147 e. The molecule has 2 N–H and O–H groups in total. The average molecular weight is 418 g/mol. The highest BCUT2D eigenvalue weighted by Crippen LogP contribution is 2.36. The Labute approximate surface area is 120 Å². The van der Waals surface area contributed by atoms with Crippen molar-refractivity contribution in [1.82, 2.24) is 0 Å². The van der Waals surface area contributed by atoms with Gasteiger partial charge in [-0.15, -0.1) is 0 Å². The number of methoxy groups -OCH3 is 1. The molecule has 6 heteroatoms. The van der Waals surface area contributed by atoms with Gasteiger partial charge in [0.2, 0.25) is 0 Å². The average Bonchev–Trinajstić information content (AvgIpc) is 2.16. The summed E-state index contributed by atoms with van der Waals surface area (Å²) in [7, 11) is 1.62. The maximum absolute atomic E-state index is 5.77. The second-order valence-electron chi connectivity index (χ2n) is 3.22. The van der Waals surface area contributed by atoms with Crippen molar-refractivity contribution < 1.29 is 9.47 Å². The Morgan fingerprint density at radius 1 is 1.19 bits per heavy atom. The maximum Gasteiger partial charge on any atom is 0.147 e. The Morgan fingerprint density at radius 2 is 1.75 bits per heavy atom. The highest BCUT2D eigenvalue weighted by atomic mass is 79.9. The van der Waals surface area contributed by atoms with E-state index < -0.39 is 0 Å². The summed E-state index contributed by atoms with van der Waals surface area (Å²) in [6.45, 7) is 0.887. The highest BCUT2D eigenvalue weighted by molar-refractivity contribution is 9.11. The number of rotatable bonds is 5. The van der Waals surface area contributed by atoms with Crippen LogP contribution in [0.4, 0.5) is 0 Å². The Kier molecular flexibility index (Phi) is 6.28. The second kappa shape index (κ2) is 6.96. The van der Waals surface area contributed by atoms with Crippen molar-refractivity contribution >= 4 is 47.8 Å². The molecule has 0 saturated heterocycles. The molecule has 0 fully saturated rings. The van der Waals surface area contributed by atoms with E-state index in [1.807, 2.05) is 12.1 Å². The van der Waals surface area contributed by atoms with E-state index >= 15 is 0 Å². The summed E-state index contributed by atoms with van der Waals surface area (Å²) >= 11 is 10.3. The third-order valence-electron chi connectivity index (χ3n) is 1.79. The van der Waals surface area contributed by atoms with Crippen LogP contribution < -0.4 is 10.5 Å². The highest BCUT2D eigenvalue weighted by Gasteiger charge is 2.10. The molecule has 0 saturated carbocycles. The van der Waals surface area contributed by atoms with Crippen LogP contribution in [-0.2, 0) is 4.74 Å². The molecule has 0 aliphatic heterocycles. The minimum absolute atomic E-state index is 0.132. The zero-order valence-corrected chi connectivity index (χ0v) is 13.4. The molecule has 0 aliphatic rings. The predicted octanol–water partition coefficient (Wildman–Crippen LogP) is 3.33. The Balaban J connectivity index is 2.67. The molecule has 0 spiro atoms. The van der Waals surface area contributed by atoms with Gasteiger partial charge in [-0.3, -0.25) is 0 Å². The summed E-state index contributed by atoms with van der Waals surface area (Å²) in [6.07, 6.45) is 0. The molecule has 3 nitrogen and oxygen atoms in total. The van der Waals surface area contributed by atoms with Gasteiger partial charge in [-0.05, 0) is 44.0 Å². The maximum atomic E-state index is 5.77. The largest absolute Gasteiger partial charge is 0.490 e. The van der Waals surface area contributed by atoms with Gasteiger partial charge in [0, 0.05) is 11.6 Å². The van der Waals surface area contributed by atoms with Gasteiger partial charge in [0.25, 0.3) is 0 Å². The molecule has 1 atom stereocenters. The van der Waals surface area contributed by atoms with E-state index in [2.05, 4.69) is 47.8 Å². The third kappa shape index (κ3) is 4.33. The summed E-state index contributed by atoms with van der Waals surface area (Å²) in [5.41, 5.74) is 5.77. The standard InChI is InChI=1S/C10H12Br3NO2/c1-15-4-7(14)5-16-10-8(12)2-6(11)3-9(10)13/h2-3,7H,4-5,14H2,1H3. The van der Waals surface area contributed by atoms with E-state index in [-0.39, 0.29) is 6.04 Å². The van der Waals surface area contributed by atoms with E-state index in [1.54, 1.807) is 7.11 Å². The van der Waals surface area contributed by atoms with Crippen LogP contribution in [0.3, 0.4) is 0 Å². The van der Waals surface area contributed by atoms with Crippen LogP contribution >= 0.6 is 47.8 Å². The van der Waals surface area contributed by atoms with Gasteiger partial charge in [-0.1, -0.05) is 15.9 Å². The Bertz CT molecular complexity index is 337. The van der Waals surface area contributed by atoms with Gasteiger partial charge < -0.3 is 15.2 Å². The summed E-state index contributed by atoms with van der Waals surface area (Å²) in [4.78, 5) is 0. The van der Waals surface area contributed by atoms with Crippen LogP contribution in [0, 0.1) is 0 Å². The zero-order valence-electron chi connectivity index (χ0n) is 8.67. The molecule has 1 rings (SSSR count). The van der Waals surface area contributed by atoms with E-state index in [0.717, 1.165) is 19.2 Å². The fourth-order valence-electron chi connectivity index (χ4n) is 1.12. The van der Waals surface area contributed by atoms with Crippen LogP contribution in [0.2, 0.25) is 0 Å². The van der Waals surface area contributed by atoms with Gasteiger partial charge in [0.05, 0.1) is 21.6 Å². The summed E-state index contributed by atoms with van der Waals surface area (Å²) in [5.74, 6) is 0.745. The van der Waals surface area contributed by atoms with Crippen LogP contribution in [0.5, 0.6) is 5.75 Å². The van der Waals surface area contributed by atoms with Crippen molar-refractivity contribution in [3.05, 3.63) is 25.6 Å². The van der Waals surface area contributed by atoms with Gasteiger partial charge in [0.15, 0.2) is 0 Å². The molecule has 1 unspecified atom stereocenters.